The number of thioether (sulfide) groups is 1. The van der Waals surface area contributed by atoms with E-state index in [4.69, 9.17) is 10.4 Å². The first-order chi connectivity index (χ1) is 10.6. The molecular formula is C16H15N5S. The Hall–Kier alpha value is -2.39. The summed E-state index contributed by atoms with van der Waals surface area (Å²) in [5, 5.41) is 23.6. The van der Waals surface area contributed by atoms with Crippen LogP contribution in [0, 0.1) is 32.1 Å². The zero-order valence-corrected chi connectivity index (χ0v) is 13.5. The number of hydrogen-bond donors (Lipinski definition) is 0. The molecule has 22 heavy (non-hydrogen) atoms. The largest absolute Gasteiger partial charge is 0.237 e. The average Bonchev–Trinajstić information content (AvgIpc) is 2.86. The zero-order valence-electron chi connectivity index (χ0n) is 12.7. The van der Waals surface area contributed by atoms with Crippen LogP contribution in [0.1, 0.15) is 17.0 Å². The van der Waals surface area contributed by atoms with Crippen molar-refractivity contribution in [3.05, 3.63) is 41.2 Å². The third-order valence-corrected chi connectivity index (χ3v) is 4.35. The molecule has 0 saturated heterocycles. The monoisotopic (exact) mass is 309 g/mol. The van der Waals surface area contributed by atoms with Gasteiger partial charge in [-0.15, -0.1) is 5.10 Å². The number of benzene rings is 1. The second-order valence-electron chi connectivity index (χ2n) is 5.09. The van der Waals surface area contributed by atoms with Gasteiger partial charge in [0.2, 0.25) is 0 Å². The lowest BCUT2D eigenvalue weighted by atomic mass is 10.2. The van der Waals surface area contributed by atoms with Gasteiger partial charge in [0.25, 0.3) is 0 Å². The predicted molar refractivity (Wildman–Crippen MR) is 87.2 cm³/mol. The molecule has 0 radical (unpaired) electrons. The molecule has 0 fully saturated rings. The fraction of sp³-hybridized carbons (Fsp3) is 0.250. The Kier molecular flexibility index (Phi) is 3.82. The van der Waals surface area contributed by atoms with Crippen LogP contribution in [-0.4, -0.2) is 25.7 Å². The molecule has 110 valence electrons. The van der Waals surface area contributed by atoms with E-state index in [9.17, 15) is 0 Å². The molecule has 0 N–H and O–H groups in total. The number of nitriles is 1. The quantitative estimate of drug-likeness (QED) is 0.694. The van der Waals surface area contributed by atoms with Crippen molar-refractivity contribution >= 4 is 22.7 Å². The molecule has 0 atom stereocenters. The third kappa shape index (κ3) is 2.44. The van der Waals surface area contributed by atoms with Gasteiger partial charge >= 0.3 is 0 Å². The number of nitrogens with zero attached hydrogens (tertiary/aromatic N) is 5. The second kappa shape index (κ2) is 5.78. The van der Waals surface area contributed by atoms with Gasteiger partial charge in [0.1, 0.15) is 10.5 Å². The van der Waals surface area contributed by atoms with Crippen molar-refractivity contribution < 1.29 is 0 Å². The highest BCUT2D eigenvalue weighted by Gasteiger charge is 2.16. The van der Waals surface area contributed by atoms with Crippen molar-refractivity contribution in [3.63, 3.8) is 0 Å². The second-order valence-corrected chi connectivity index (χ2v) is 6.06. The highest BCUT2D eigenvalue weighted by Crippen LogP contribution is 2.29. The SMILES string of the molecule is Cc1ccc(-n2nc3c(SCC#N)nnc(C)c3c2C)cc1. The van der Waals surface area contributed by atoms with E-state index >= 15 is 0 Å². The van der Waals surface area contributed by atoms with E-state index in [1.54, 1.807) is 0 Å². The van der Waals surface area contributed by atoms with Crippen LogP contribution in [0.2, 0.25) is 0 Å². The van der Waals surface area contributed by atoms with Gasteiger partial charge in [-0.25, -0.2) is 4.68 Å². The van der Waals surface area contributed by atoms with E-state index in [0.29, 0.717) is 10.8 Å². The van der Waals surface area contributed by atoms with E-state index in [1.165, 1.54) is 17.3 Å². The summed E-state index contributed by atoms with van der Waals surface area (Å²) in [5.41, 5.74) is 4.92. The van der Waals surface area contributed by atoms with Gasteiger partial charge in [0, 0.05) is 5.39 Å². The Balaban J connectivity index is 2.21. The lowest BCUT2D eigenvalue weighted by molar-refractivity contribution is 0.852. The minimum Gasteiger partial charge on any atom is -0.237 e. The Bertz CT molecular complexity index is 874. The first-order valence-corrected chi connectivity index (χ1v) is 7.89. The number of hydrogen-bond acceptors (Lipinski definition) is 5. The lowest BCUT2D eigenvalue weighted by Crippen LogP contribution is -1.98. The maximum atomic E-state index is 8.77. The molecule has 0 bridgehead atoms. The Morgan fingerprint density at radius 1 is 1.14 bits per heavy atom. The molecule has 2 heterocycles. The van der Waals surface area contributed by atoms with Crippen molar-refractivity contribution in [3.8, 4) is 11.8 Å². The molecule has 0 aliphatic heterocycles. The number of aromatic nitrogens is 4. The summed E-state index contributed by atoms with van der Waals surface area (Å²) in [6.45, 7) is 6.02. The number of aryl methyl sites for hydroxylation is 3. The molecule has 0 amide bonds. The molecule has 1 aromatic carbocycles. The summed E-state index contributed by atoms with van der Waals surface area (Å²) >= 11 is 1.37. The molecule has 0 aliphatic rings. The molecule has 0 unspecified atom stereocenters. The van der Waals surface area contributed by atoms with Crippen LogP contribution in [0.4, 0.5) is 0 Å². The predicted octanol–water partition coefficient (Wildman–Crippen LogP) is 3.36. The maximum Gasteiger partial charge on any atom is 0.148 e. The summed E-state index contributed by atoms with van der Waals surface area (Å²) in [6, 6.07) is 10.3. The van der Waals surface area contributed by atoms with Crippen LogP contribution in [-0.2, 0) is 0 Å². The van der Waals surface area contributed by atoms with Crippen LogP contribution in [0.25, 0.3) is 16.6 Å². The first-order valence-electron chi connectivity index (χ1n) is 6.91. The summed E-state index contributed by atoms with van der Waals surface area (Å²) in [4.78, 5) is 0. The smallest absolute Gasteiger partial charge is 0.148 e. The van der Waals surface area contributed by atoms with Gasteiger partial charge in [-0.3, -0.25) is 0 Å². The van der Waals surface area contributed by atoms with Crippen molar-refractivity contribution in [2.24, 2.45) is 0 Å². The highest BCUT2D eigenvalue weighted by molar-refractivity contribution is 7.99. The van der Waals surface area contributed by atoms with Crippen molar-refractivity contribution in [2.45, 2.75) is 25.8 Å². The summed E-state index contributed by atoms with van der Waals surface area (Å²) in [6.07, 6.45) is 0. The van der Waals surface area contributed by atoms with Crippen LogP contribution in [0.5, 0.6) is 0 Å². The fourth-order valence-electron chi connectivity index (χ4n) is 2.44. The molecular weight excluding hydrogens is 294 g/mol. The Morgan fingerprint density at radius 3 is 2.55 bits per heavy atom. The Morgan fingerprint density at radius 2 is 1.86 bits per heavy atom. The van der Waals surface area contributed by atoms with E-state index in [-0.39, 0.29) is 0 Å². The molecule has 2 aromatic heterocycles. The van der Waals surface area contributed by atoms with E-state index in [1.807, 2.05) is 30.7 Å². The summed E-state index contributed by atoms with van der Waals surface area (Å²) < 4.78 is 1.91. The van der Waals surface area contributed by atoms with Crippen molar-refractivity contribution in [2.75, 3.05) is 5.75 Å². The zero-order chi connectivity index (χ0) is 15.7. The molecule has 0 spiro atoms. The molecule has 0 saturated carbocycles. The van der Waals surface area contributed by atoms with Gasteiger partial charge in [-0.2, -0.15) is 15.5 Å². The highest BCUT2D eigenvalue weighted by atomic mass is 32.2. The van der Waals surface area contributed by atoms with Gasteiger partial charge in [0.05, 0.1) is 28.9 Å². The standard InChI is InChI=1S/C16H15N5S/c1-10-4-6-13(7-5-10)21-12(3)14-11(2)18-19-16(15(14)20-21)22-9-8-17/h4-7H,9H2,1-3H3. The minimum atomic E-state index is 0.337. The van der Waals surface area contributed by atoms with E-state index < -0.39 is 0 Å². The van der Waals surface area contributed by atoms with Crippen LogP contribution in [0.15, 0.2) is 29.3 Å². The molecule has 3 rings (SSSR count). The van der Waals surface area contributed by atoms with Crippen LogP contribution < -0.4 is 0 Å². The van der Waals surface area contributed by atoms with Gasteiger partial charge < -0.3 is 0 Å². The average molecular weight is 309 g/mol. The van der Waals surface area contributed by atoms with Gasteiger partial charge in [-0.1, -0.05) is 29.5 Å². The lowest BCUT2D eigenvalue weighted by Gasteiger charge is -2.04. The topological polar surface area (TPSA) is 67.4 Å². The molecule has 5 nitrogen and oxygen atoms in total. The molecule has 6 heteroatoms. The normalized spacial score (nSPS) is 10.8. The van der Waals surface area contributed by atoms with Gasteiger partial charge in [0.15, 0.2) is 0 Å². The maximum absolute atomic E-state index is 8.77. The number of rotatable bonds is 3. The molecule has 0 aliphatic carbocycles. The minimum absolute atomic E-state index is 0.337. The van der Waals surface area contributed by atoms with Crippen molar-refractivity contribution in [1.29, 1.82) is 5.26 Å². The summed E-state index contributed by atoms with van der Waals surface area (Å²) in [5.74, 6) is 0.337. The van der Waals surface area contributed by atoms with Gasteiger partial charge in [-0.05, 0) is 32.9 Å². The van der Waals surface area contributed by atoms with Crippen molar-refractivity contribution in [1.82, 2.24) is 20.0 Å². The van der Waals surface area contributed by atoms with E-state index in [2.05, 4.69) is 35.3 Å². The first kappa shape index (κ1) is 14.5. The van der Waals surface area contributed by atoms with Crippen LogP contribution in [0.3, 0.4) is 0 Å². The van der Waals surface area contributed by atoms with Crippen LogP contribution >= 0.6 is 11.8 Å². The van der Waals surface area contributed by atoms with E-state index in [0.717, 1.165) is 28.0 Å². The third-order valence-electron chi connectivity index (χ3n) is 3.52. The summed E-state index contributed by atoms with van der Waals surface area (Å²) in [7, 11) is 0. The number of fused-ring (bicyclic) bond motifs is 1. The molecule has 3 aromatic rings. The fourth-order valence-corrected chi connectivity index (χ4v) is 3.02. The Labute approximate surface area is 133 Å².